The molecule has 14 heavy (non-hydrogen) atoms. The molecule has 3 rings (SSSR count). The lowest BCUT2D eigenvalue weighted by atomic mass is 10.7. The van der Waals surface area contributed by atoms with Crippen LogP contribution in [0.2, 0.25) is 0 Å². The zero-order valence-corrected chi connectivity index (χ0v) is 10.2. The molecule has 76 valence electrons. The molecule has 1 fully saturated rings. The van der Waals surface area contributed by atoms with Crippen LogP contribution in [0.3, 0.4) is 0 Å². The minimum absolute atomic E-state index is 0.105. The van der Waals surface area contributed by atoms with E-state index in [1.165, 1.54) is 22.7 Å². The molecule has 1 saturated heterocycles. The van der Waals surface area contributed by atoms with Gasteiger partial charge in [0.2, 0.25) is 0 Å². The van der Waals surface area contributed by atoms with Crippen LogP contribution in [0.4, 0.5) is 0 Å². The Kier molecular flexibility index (Phi) is 2.63. The first-order chi connectivity index (χ1) is 6.83. The first-order valence-corrected chi connectivity index (χ1v) is 7.42. The Bertz CT molecular complexity index is 365. The summed E-state index contributed by atoms with van der Waals surface area (Å²) >= 11 is 6.06. The molecule has 0 spiro atoms. The second-order valence-electron chi connectivity index (χ2n) is 2.74. The van der Waals surface area contributed by atoms with E-state index in [-0.39, 0.29) is 14.9 Å². The van der Waals surface area contributed by atoms with Gasteiger partial charge in [-0.2, -0.15) is 0 Å². The highest BCUT2D eigenvalue weighted by atomic mass is 32.2. The van der Waals surface area contributed by atoms with Crippen molar-refractivity contribution < 1.29 is 9.47 Å². The molecule has 2 aliphatic rings. The average Bonchev–Trinajstić information content (AvgIpc) is 2.74. The molecule has 3 nitrogen and oxygen atoms in total. The SMILES string of the molecule is O=c1sc2c(s1)SC(C1OCCO1)S2. The molecule has 0 N–H and O–H groups in total. The second-order valence-corrected chi connectivity index (χ2v) is 8.09. The van der Waals surface area contributed by atoms with Crippen molar-refractivity contribution in [3.05, 3.63) is 8.85 Å². The first-order valence-electron chi connectivity index (χ1n) is 4.03. The lowest BCUT2D eigenvalue weighted by Gasteiger charge is -2.14. The van der Waals surface area contributed by atoms with E-state index in [0.717, 1.165) is 8.42 Å². The number of rotatable bonds is 1. The molecule has 0 aliphatic carbocycles. The maximum atomic E-state index is 11.1. The molecule has 3 heterocycles. The predicted molar refractivity (Wildman–Crippen MR) is 59.7 cm³/mol. The van der Waals surface area contributed by atoms with Crippen molar-refractivity contribution in [2.75, 3.05) is 13.2 Å². The van der Waals surface area contributed by atoms with E-state index in [1.54, 1.807) is 23.5 Å². The van der Waals surface area contributed by atoms with E-state index in [9.17, 15) is 4.79 Å². The van der Waals surface area contributed by atoms with Crippen LogP contribution in [0.1, 0.15) is 0 Å². The van der Waals surface area contributed by atoms with Crippen molar-refractivity contribution in [1.29, 1.82) is 0 Å². The standard InChI is InChI=1S/C7H6O3S4/c8-7-13-5-6(14-7)12-4(11-5)3-9-1-2-10-3/h3-4H,1-2H2. The molecular weight excluding hydrogens is 260 g/mol. The number of hydrogen-bond donors (Lipinski definition) is 0. The van der Waals surface area contributed by atoms with E-state index in [2.05, 4.69) is 0 Å². The zero-order chi connectivity index (χ0) is 9.54. The van der Waals surface area contributed by atoms with Crippen LogP contribution in [0, 0.1) is 0 Å². The van der Waals surface area contributed by atoms with Crippen molar-refractivity contribution in [1.82, 2.24) is 0 Å². The number of fused-ring (bicyclic) bond motifs is 1. The van der Waals surface area contributed by atoms with Gasteiger partial charge < -0.3 is 9.47 Å². The molecule has 0 aromatic carbocycles. The van der Waals surface area contributed by atoms with Crippen molar-refractivity contribution in [3.8, 4) is 0 Å². The van der Waals surface area contributed by atoms with E-state index in [1.807, 2.05) is 0 Å². The molecule has 7 heteroatoms. The van der Waals surface area contributed by atoms with Crippen molar-refractivity contribution >= 4 is 46.2 Å². The molecule has 0 atom stereocenters. The zero-order valence-electron chi connectivity index (χ0n) is 6.93. The van der Waals surface area contributed by atoms with Gasteiger partial charge in [0.25, 0.3) is 4.06 Å². The van der Waals surface area contributed by atoms with Crippen LogP contribution in [-0.2, 0) is 9.47 Å². The topological polar surface area (TPSA) is 35.5 Å². The average molecular weight is 266 g/mol. The lowest BCUT2D eigenvalue weighted by molar-refractivity contribution is -0.0271. The van der Waals surface area contributed by atoms with Crippen LogP contribution in [0.25, 0.3) is 0 Å². The fourth-order valence-electron chi connectivity index (χ4n) is 1.28. The molecule has 2 aliphatic heterocycles. The Morgan fingerprint density at radius 1 is 1.07 bits per heavy atom. The van der Waals surface area contributed by atoms with Gasteiger partial charge in [0.15, 0.2) is 6.29 Å². The summed E-state index contributed by atoms with van der Waals surface area (Å²) in [6.45, 7) is 1.37. The van der Waals surface area contributed by atoms with Crippen LogP contribution >= 0.6 is 46.2 Å². The molecular formula is C7H6O3S4. The van der Waals surface area contributed by atoms with Gasteiger partial charge in [0.1, 0.15) is 4.58 Å². The normalized spacial score (nSPS) is 23.1. The lowest BCUT2D eigenvalue weighted by Crippen LogP contribution is -2.18. The molecule has 0 saturated carbocycles. The monoisotopic (exact) mass is 266 g/mol. The molecule has 0 radical (unpaired) electrons. The smallest absolute Gasteiger partial charge is 0.289 e. The van der Waals surface area contributed by atoms with E-state index in [4.69, 9.17) is 9.47 Å². The maximum absolute atomic E-state index is 11.1. The number of hydrogen-bond acceptors (Lipinski definition) is 7. The van der Waals surface area contributed by atoms with Gasteiger partial charge >= 0.3 is 0 Å². The molecule has 1 aromatic rings. The highest BCUT2D eigenvalue weighted by Crippen LogP contribution is 2.53. The number of ether oxygens (including phenoxy) is 2. The largest absolute Gasteiger partial charge is 0.348 e. The van der Waals surface area contributed by atoms with Gasteiger partial charge in [0, 0.05) is 0 Å². The predicted octanol–water partition coefficient (Wildman–Crippen LogP) is 2.07. The molecule has 0 bridgehead atoms. The molecule has 0 unspecified atom stereocenters. The molecule has 1 aromatic heterocycles. The van der Waals surface area contributed by atoms with Gasteiger partial charge in [-0.25, -0.2) is 0 Å². The maximum Gasteiger partial charge on any atom is 0.289 e. The minimum Gasteiger partial charge on any atom is -0.348 e. The van der Waals surface area contributed by atoms with Crippen molar-refractivity contribution in [2.24, 2.45) is 0 Å². The summed E-state index contributed by atoms with van der Waals surface area (Å²) in [5, 5.41) is 0. The summed E-state index contributed by atoms with van der Waals surface area (Å²) in [4.78, 5) is 11.1. The van der Waals surface area contributed by atoms with E-state index >= 15 is 0 Å². The third-order valence-electron chi connectivity index (χ3n) is 1.83. The van der Waals surface area contributed by atoms with Gasteiger partial charge in [-0.1, -0.05) is 46.2 Å². The summed E-state index contributed by atoms with van der Waals surface area (Å²) in [5.74, 6) is 0. The van der Waals surface area contributed by atoms with Gasteiger partial charge in [0.05, 0.1) is 21.6 Å². The Morgan fingerprint density at radius 3 is 2.21 bits per heavy atom. The highest BCUT2D eigenvalue weighted by Gasteiger charge is 2.36. The van der Waals surface area contributed by atoms with E-state index < -0.39 is 0 Å². The fraction of sp³-hybridized carbons (Fsp3) is 0.571. The summed E-state index contributed by atoms with van der Waals surface area (Å²) in [6, 6.07) is 0. The van der Waals surface area contributed by atoms with Crippen molar-refractivity contribution in [3.63, 3.8) is 0 Å². The van der Waals surface area contributed by atoms with Gasteiger partial charge in [-0.15, -0.1) is 0 Å². The third-order valence-corrected chi connectivity index (χ3v) is 7.36. The van der Waals surface area contributed by atoms with Crippen LogP contribution in [0.5, 0.6) is 0 Å². The molecule has 0 amide bonds. The highest BCUT2D eigenvalue weighted by molar-refractivity contribution is 8.21. The Labute approximate surface area is 96.8 Å². The Balaban J connectivity index is 1.78. The summed E-state index contributed by atoms with van der Waals surface area (Å²) < 4.78 is 13.6. The third kappa shape index (κ3) is 1.66. The van der Waals surface area contributed by atoms with Gasteiger partial charge in [-0.05, 0) is 0 Å². The quantitative estimate of drug-likeness (QED) is 0.777. The van der Waals surface area contributed by atoms with Crippen molar-refractivity contribution in [2.45, 2.75) is 19.3 Å². The number of thioether (sulfide) groups is 2. The minimum atomic E-state index is -0.105. The van der Waals surface area contributed by atoms with E-state index in [0.29, 0.717) is 13.2 Å². The van der Waals surface area contributed by atoms with Crippen LogP contribution in [0.15, 0.2) is 13.2 Å². The summed E-state index contributed by atoms with van der Waals surface area (Å²) in [6.07, 6.45) is -0.105. The first kappa shape index (κ1) is 9.68. The van der Waals surface area contributed by atoms with Gasteiger partial charge in [-0.3, -0.25) is 4.79 Å². The fourth-order valence-corrected chi connectivity index (χ4v) is 7.56. The summed E-state index contributed by atoms with van der Waals surface area (Å²) in [7, 11) is 0. The van der Waals surface area contributed by atoms with Crippen LogP contribution < -0.4 is 4.06 Å². The summed E-state index contributed by atoms with van der Waals surface area (Å²) in [5.41, 5.74) is 0. The van der Waals surface area contributed by atoms with Crippen LogP contribution in [-0.4, -0.2) is 24.1 Å². The second kappa shape index (κ2) is 3.80. The Hall–Kier alpha value is 0.470. The Morgan fingerprint density at radius 2 is 1.64 bits per heavy atom.